The first kappa shape index (κ1) is 15.7. The number of sulfonamides is 1. The van der Waals surface area contributed by atoms with Gasteiger partial charge in [-0.05, 0) is 49.5 Å². The Morgan fingerprint density at radius 3 is 2.75 bits per heavy atom. The number of piperidine rings is 1. The molecule has 0 radical (unpaired) electrons. The topological polar surface area (TPSA) is 49.4 Å². The van der Waals surface area contributed by atoms with E-state index in [0.29, 0.717) is 24.9 Å². The van der Waals surface area contributed by atoms with Crippen LogP contribution in [0.2, 0.25) is 0 Å². The van der Waals surface area contributed by atoms with Crippen molar-refractivity contribution in [3.63, 3.8) is 0 Å². The Bertz CT molecular complexity index is 581. The van der Waals surface area contributed by atoms with Crippen molar-refractivity contribution in [2.75, 3.05) is 26.2 Å². The summed E-state index contributed by atoms with van der Waals surface area (Å²) in [4.78, 5) is 0.0527. The summed E-state index contributed by atoms with van der Waals surface area (Å²) in [6.45, 7) is 2.93. The third kappa shape index (κ3) is 2.83. The molecule has 0 aromatic heterocycles. The van der Waals surface area contributed by atoms with Gasteiger partial charge in [0.15, 0.2) is 0 Å². The number of fused-ring (bicyclic) bond motifs is 1. The van der Waals surface area contributed by atoms with Crippen LogP contribution in [-0.2, 0) is 10.0 Å². The molecule has 1 N–H and O–H groups in total. The van der Waals surface area contributed by atoms with E-state index in [1.165, 1.54) is 22.5 Å². The third-order valence-electron chi connectivity index (χ3n) is 4.10. The molecule has 2 saturated heterocycles. The molecule has 2 heterocycles. The third-order valence-corrected chi connectivity index (χ3v) is 5.96. The molecule has 2 fully saturated rings. The molecule has 3 rings (SSSR count). The number of hydrogen-bond acceptors (Lipinski definition) is 3. The maximum atomic E-state index is 13.2. The molecule has 2 atom stereocenters. The fraction of sp³-hybridized carbons (Fsp3) is 0.538. The highest BCUT2D eigenvalue weighted by Gasteiger charge is 2.37. The van der Waals surface area contributed by atoms with Crippen LogP contribution in [0.5, 0.6) is 0 Å². The van der Waals surface area contributed by atoms with Crippen molar-refractivity contribution in [2.45, 2.75) is 11.3 Å². The second-order valence-corrected chi connectivity index (χ2v) is 7.23. The van der Waals surface area contributed by atoms with E-state index in [4.69, 9.17) is 0 Å². The van der Waals surface area contributed by atoms with Crippen LogP contribution < -0.4 is 5.32 Å². The molecule has 0 saturated carbocycles. The number of benzene rings is 1. The van der Waals surface area contributed by atoms with Crippen LogP contribution in [0.1, 0.15) is 6.42 Å². The molecule has 4 nitrogen and oxygen atoms in total. The summed E-state index contributed by atoms with van der Waals surface area (Å²) in [6, 6.07) is 5.24. The summed E-state index contributed by atoms with van der Waals surface area (Å²) < 4.78 is 39.6. The summed E-state index contributed by atoms with van der Waals surface area (Å²) in [5, 5.41) is 3.30. The number of rotatable bonds is 2. The van der Waals surface area contributed by atoms with Crippen molar-refractivity contribution in [2.24, 2.45) is 11.8 Å². The minimum absolute atomic E-state index is 0. The van der Waals surface area contributed by atoms with Crippen molar-refractivity contribution < 1.29 is 12.8 Å². The van der Waals surface area contributed by atoms with E-state index in [1.807, 2.05) is 0 Å². The maximum absolute atomic E-state index is 13.2. The van der Waals surface area contributed by atoms with Gasteiger partial charge in [-0.1, -0.05) is 6.07 Å². The standard InChI is InChI=1S/C13H17FN2O2S.ClH/c14-12-2-1-3-13(6-12)19(17,18)16-5-4-10-7-15-8-11(10)9-16;/h1-3,6,10-11,15H,4-5,7-9H2;1H. The molecule has 0 spiro atoms. The van der Waals surface area contributed by atoms with Crippen LogP contribution in [0.15, 0.2) is 29.2 Å². The number of nitrogens with zero attached hydrogens (tertiary/aromatic N) is 1. The van der Waals surface area contributed by atoms with Gasteiger partial charge in [-0.2, -0.15) is 4.31 Å². The van der Waals surface area contributed by atoms with Gasteiger partial charge in [0.25, 0.3) is 0 Å². The van der Waals surface area contributed by atoms with E-state index in [-0.39, 0.29) is 17.3 Å². The van der Waals surface area contributed by atoms with Crippen LogP contribution >= 0.6 is 12.4 Å². The van der Waals surface area contributed by atoms with E-state index in [9.17, 15) is 12.8 Å². The fourth-order valence-electron chi connectivity index (χ4n) is 3.00. The first-order valence-corrected chi connectivity index (χ1v) is 7.98. The fourth-order valence-corrected chi connectivity index (χ4v) is 4.54. The zero-order valence-electron chi connectivity index (χ0n) is 11.0. The van der Waals surface area contributed by atoms with E-state index in [2.05, 4.69) is 5.32 Å². The zero-order valence-corrected chi connectivity index (χ0v) is 12.6. The Morgan fingerprint density at radius 2 is 2.00 bits per heavy atom. The van der Waals surface area contributed by atoms with Gasteiger partial charge in [-0.15, -0.1) is 12.4 Å². The van der Waals surface area contributed by atoms with Crippen molar-refractivity contribution in [1.29, 1.82) is 0 Å². The maximum Gasteiger partial charge on any atom is 0.243 e. The zero-order chi connectivity index (χ0) is 13.5. The molecule has 2 unspecified atom stereocenters. The summed E-state index contributed by atoms with van der Waals surface area (Å²) in [7, 11) is -3.56. The molecule has 2 aliphatic rings. The molecular weight excluding hydrogens is 303 g/mol. The molecule has 0 bridgehead atoms. The molecule has 7 heteroatoms. The lowest BCUT2D eigenvalue weighted by Crippen LogP contribution is -2.43. The Balaban J connectivity index is 0.00000147. The van der Waals surface area contributed by atoms with Crippen molar-refractivity contribution in [3.8, 4) is 0 Å². The molecule has 0 aliphatic carbocycles. The molecule has 20 heavy (non-hydrogen) atoms. The predicted molar refractivity (Wildman–Crippen MR) is 76.9 cm³/mol. The van der Waals surface area contributed by atoms with Gasteiger partial charge in [-0.3, -0.25) is 0 Å². The predicted octanol–water partition coefficient (Wildman–Crippen LogP) is 1.48. The molecule has 112 valence electrons. The van der Waals surface area contributed by atoms with Gasteiger partial charge in [0.05, 0.1) is 4.90 Å². The van der Waals surface area contributed by atoms with Gasteiger partial charge in [0.1, 0.15) is 5.82 Å². The number of nitrogens with one attached hydrogen (secondary N) is 1. The lowest BCUT2D eigenvalue weighted by atomic mass is 9.90. The van der Waals surface area contributed by atoms with Crippen LogP contribution in [-0.4, -0.2) is 38.9 Å². The second-order valence-electron chi connectivity index (χ2n) is 5.29. The highest BCUT2D eigenvalue weighted by Crippen LogP contribution is 2.30. The molecule has 0 amide bonds. The summed E-state index contributed by atoms with van der Waals surface area (Å²) in [5.74, 6) is 0.453. The summed E-state index contributed by atoms with van der Waals surface area (Å²) in [5.41, 5.74) is 0. The first-order valence-electron chi connectivity index (χ1n) is 6.54. The van der Waals surface area contributed by atoms with Crippen LogP contribution in [0, 0.1) is 17.7 Å². The Morgan fingerprint density at radius 1 is 1.25 bits per heavy atom. The number of halogens is 2. The van der Waals surface area contributed by atoms with Crippen LogP contribution in [0.25, 0.3) is 0 Å². The molecular formula is C13H18ClFN2O2S. The van der Waals surface area contributed by atoms with Gasteiger partial charge in [0.2, 0.25) is 10.0 Å². The SMILES string of the molecule is Cl.O=S(=O)(c1cccc(F)c1)N1CCC2CNCC2C1. The summed E-state index contributed by atoms with van der Waals surface area (Å²) in [6.07, 6.45) is 0.881. The van der Waals surface area contributed by atoms with Gasteiger partial charge >= 0.3 is 0 Å². The van der Waals surface area contributed by atoms with Crippen LogP contribution in [0.3, 0.4) is 0 Å². The Kier molecular flexibility index (Phi) is 4.69. The van der Waals surface area contributed by atoms with Gasteiger partial charge in [0, 0.05) is 13.1 Å². The normalized spacial score (nSPS) is 26.9. The van der Waals surface area contributed by atoms with Crippen molar-refractivity contribution in [1.82, 2.24) is 9.62 Å². The monoisotopic (exact) mass is 320 g/mol. The highest BCUT2D eigenvalue weighted by molar-refractivity contribution is 7.89. The molecule has 2 aliphatic heterocycles. The van der Waals surface area contributed by atoms with Crippen LogP contribution in [0.4, 0.5) is 4.39 Å². The van der Waals surface area contributed by atoms with Crippen molar-refractivity contribution in [3.05, 3.63) is 30.1 Å². The number of hydrogen-bond donors (Lipinski definition) is 1. The smallest absolute Gasteiger partial charge is 0.243 e. The molecule has 1 aromatic rings. The highest BCUT2D eigenvalue weighted by atomic mass is 35.5. The summed E-state index contributed by atoms with van der Waals surface area (Å²) >= 11 is 0. The molecule has 1 aromatic carbocycles. The van der Waals surface area contributed by atoms with E-state index in [1.54, 1.807) is 0 Å². The van der Waals surface area contributed by atoms with Crippen molar-refractivity contribution >= 4 is 22.4 Å². The average molecular weight is 321 g/mol. The lowest BCUT2D eigenvalue weighted by Gasteiger charge is -2.33. The quantitative estimate of drug-likeness (QED) is 0.898. The van der Waals surface area contributed by atoms with Gasteiger partial charge < -0.3 is 5.32 Å². The minimum Gasteiger partial charge on any atom is -0.316 e. The Labute approximate surface area is 124 Å². The van der Waals surface area contributed by atoms with E-state index >= 15 is 0 Å². The first-order chi connectivity index (χ1) is 9.07. The largest absolute Gasteiger partial charge is 0.316 e. The van der Waals surface area contributed by atoms with Gasteiger partial charge in [-0.25, -0.2) is 12.8 Å². The Hall–Kier alpha value is -0.690. The minimum atomic E-state index is -3.56. The van der Waals surface area contributed by atoms with E-state index in [0.717, 1.165) is 25.6 Å². The lowest BCUT2D eigenvalue weighted by molar-refractivity contribution is 0.228. The average Bonchev–Trinajstić information content (AvgIpc) is 2.85. The second kappa shape index (κ2) is 5.97. The van der Waals surface area contributed by atoms with E-state index < -0.39 is 15.8 Å².